The van der Waals surface area contributed by atoms with Crippen LogP contribution >= 0.6 is 0 Å². The smallest absolute Gasteiger partial charge is 0.270 e. The number of anilines is 2. The third-order valence-corrected chi connectivity index (χ3v) is 5.29. The van der Waals surface area contributed by atoms with Crippen molar-refractivity contribution in [1.82, 2.24) is 10.3 Å². The van der Waals surface area contributed by atoms with Gasteiger partial charge in [0.05, 0.1) is 23.9 Å². The molecule has 0 bridgehead atoms. The van der Waals surface area contributed by atoms with Crippen LogP contribution < -0.4 is 16.0 Å². The predicted octanol–water partition coefficient (Wildman–Crippen LogP) is 4.27. The number of carbonyl (C=O) groups excluding carboxylic acids is 3. The number of nitrogens with one attached hydrogen (secondary N) is 3. The lowest BCUT2D eigenvalue weighted by Gasteiger charge is -2.10. The molecule has 36 heavy (non-hydrogen) atoms. The minimum Gasteiger partial charge on any atom is -0.342 e. The van der Waals surface area contributed by atoms with Gasteiger partial charge in [-0.05, 0) is 53.9 Å². The van der Waals surface area contributed by atoms with Crippen LogP contribution in [0.25, 0.3) is 22.0 Å². The summed E-state index contributed by atoms with van der Waals surface area (Å²) >= 11 is 0. The molecule has 0 aliphatic heterocycles. The Morgan fingerprint density at radius 1 is 0.944 bits per heavy atom. The van der Waals surface area contributed by atoms with Gasteiger partial charge >= 0.3 is 0 Å². The maximum atomic E-state index is 12.7. The Bertz CT molecular complexity index is 1540. The molecule has 0 aliphatic rings. The summed E-state index contributed by atoms with van der Waals surface area (Å²) in [4.78, 5) is 41.1. The number of nitriles is 1. The molecule has 8 heteroatoms. The van der Waals surface area contributed by atoms with Crippen LogP contribution in [-0.4, -0.2) is 29.3 Å². The molecule has 0 spiro atoms. The second-order valence-corrected chi connectivity index (χ2v) is 7.77. The molecule has 0 atom stereocenters. The van der Waals surface area contributed by atoms with E-state index in [4.69, 9.17) is 5.26 Å². The average Bonchev–Trinajstić information content (AvgIpc) is 2.91. The number of carbonyl (C=O) groups is 3. The first-order valence-electron chi connectivity index (χ1n) is 11.0. The predicted molar refractivity (Wildman–Crippen MR) is 138 cm³/mol. The third-order valence-electron chi connectivity index (χ3n) is 5.29. The van der Waals surface area contributed by atoms with Gasteiger partial charge in [0, 0.05) is 22.3 Å². The Balaban J connectivity index is 1.48. The van der Waals surface area contributed by atoms with Gasteiger partial charge in [-0.25, -0.2) is 4.98 Å². The number of amides is 3. The SMILES string of the molecule is C=CC(=O)Nc1cccc2ccc(-c3cccc(C(=O)NCC(=O)Nc4cccc(C#N)c4)n3)cc12. The van der Waals surface area contributed by atoms with E-state index in [0.29, 0.717) is 22.6 Å². The first-order valence-corrected chi connectivity index (χ1v) is 11.0. The van der Waals surface area contributed by atoms with Crippen molar-refractivity contribution >= 4 is 39.9 Å². The average molecular weight is 476 g/mol. The van der Waals surface area contributed by atoms with E-state index in [9.17, 15) is 14.4 Å². The number of aromatic nitrogens is 1. The lowest BCUT2D eigenvalue weighted by Crippen LogP contribution is -2.33. The molecule has 4 rings (SSSR count). The van der Waals surface area contributed by atoms with E-state index in [1.165, 1.54) is 6.08 Å². The van der Waals surface area contributed by atoms with Gasteiger partial charge in [0.15, 0.2) is 0 Å². The summed E-state index contributed by atoms with van der Waals surface area (Å²) in [6, 6.07) is 24.8. The normalized spacial score (nSPS) is 10.2. The molecule has 4 aromatic rings. The molecule has 8 nitrogen and oxygen atoms in total. The molecule has 0 unspecified atom stereocenters. The van der Waals surface area contributed by atoms with Crippen molar-refractivity contribution < 1.29 is 14.4 Å². The van der Waals surface area contributed by atoms with E-state index in [1.54, 1.807) is 48.5 Å². The molecule has 0 saturated heterocycles. The molecule has 0 radical (unpaired) electrons. The first-order chi connectivity index (χ1) is 17.5. The van der Waals surface area contributed by atoms with Gasteiger partial charge < -0.3 is 16.0 Å². The Hall–Kier alpha value is -5.29. The lowest BCUT2D eigenvalue weighted by atomic mass is 10.0. The van der Waals surface area contributed by atoms with E-state index >= 15 is 0 Å². The van der Waals surface area contributed by atoms with E-state index in [2.05, 4.69) is 27.5 Å². The highest BCUT2D eigenvalue weighted by atomic mass is 16.2. The van der Waals surface area contributed by atoms with Crippen molar-refractivity contribution in [2.24, 2.45) is 0 Å². The molecule has 3 amide bonds. The lowest BCUT2D eigenvalue weighted by molar-refractivity contribution is -0.115. The van der Waals surface area contributed by atoms with Crippen LogP contribution in [0.4, 0.5) is 11.4 Å². The van der Waals surface area contributed by atoms with Gasteiger partial charge in [-0.3, -0.25) is 14.4 Å². The molecule has 3 aromatic carbocycles. The van der Waals surface area contributed by atoms with Gasteiger partial charge in [-0.15, -0.1) is 0 Å². The monoisotopic (exact) mass is 475 g/mol. The second kappa shape index (κ2) is 10.8. The van der Waals surface area contributed by atoms with Gasteiger partial charge in [-0.1, -0.05) is 43.0 Å². The maximum absolute atomic E-state index is 12.7. The number of fused-ring (bicyclic) bond motifs is 1. The summed E-state index contributed by atoms with van der Waals surface area (Å²) in [5, 5.41) is 18.7. The Morgan fingerprint density at radius 2 is 1.75 bits per heavy atom. The number of pyridine rings is 1. The summed E-state index contributed by atoms with van der Waals surface area (Å²) in [6.07, 6.45) is 1.20. The summed E-state index contributed by atoms with van der Waals surface area (Å²) in [6.45, 7) is 3.23. The minimum atomic E-state index is -0.502. The van der Waals surface area contributed by atoms with Gasteiger partial charge in [0.1, 0.15) is 5.69 Å². The highest BCUT2D eigenvalue weighted by Gasteiger charge is 2.12. The largest absolute Gasteiger partial charge is 0.342 e. The first kappa shape index (κ1) is 23.9. The van der Waals surface area contributed by atoms with E-state index < -0.39 is 11.8 Å². The van der Waals surface area contributed by atoms with Crippen molar-refractivity contribution in [3.63, 3.8) is 0 Å². The van der Waals surface area contributed by atoms with Crippen LogP contribution in [0.3, 0.4) is 0 Å². The third kappa shape index (κ3) is 5.61. The van der Waals surface area contributed by atoms with Crippen LogP contribution in [0.2, 0.25) is 0 Å². The zero-order valence-electron chi connectivity index (χ0n) is 19.1. The highest BCUT2D eigenvalue weighted by Crippen LogP contribution is 2.28. The second-order valence-electron chi connectivity index (χ2n) is 7.77. The molecule has 1 aromatic heterocycles. The van der Waals surface area contributed by atoms with E-state index in [1.807, 2.05) is 36.4 Å². The maximum Gasteiger partial charge on any atom is 0.270 e. The van der Waals surface area contributed by atoms with Gasteiger partial charge in [0.25, 0.3) is 5.91 Å². The van der Waals surface area contributed by atoms with Crippen molar-refractivity contribution in [2.75, 3.05) is 17.2 Å². The molecule has 1 heterocycles. The molecular weight excluding hydrogens is 454 g/mol. The van der Waals surface area contributed by atoms with Crippen LogP contribution in [0.15, 0.2) is 91.5 Å². The summed E-state index contributed by atoms with van der Waals surface area (Å²) in [5.41, 5.74) is 2.99. The standard InChI is InChI=1S/C28H21N5O3/c1-2-26(34)33-24-10-4-7-19-12-13-20(15-22(19)24)23-9-5-11-25(32-23)28(36)30-17-27(35)31-21-8-3-6-18(14-21)16-29/h2-15H,1,17H2,(H,30,36)(H,31,35)(H,33,34). The number of rotatable bonds is 7. The van der Waals surface area contributed by atoms with Gasteiger partial charge in [-0.2, -0.15) is 5.26 Å². The van der Waals surface area contributed by atoms with Crippen LogP contribution in [0, 0.1) is 11.3 Å². The fraction of sp³-hybridized carbons (Fsp3) is 0.0357. The zero-order valence-corrected chi connectivity index (χ0v) is 19.1. The number of hydrogen-bond acceptors (Lipinski definition) is 5. The van der Waals surface area contributed by atoms with Crippen LogP contribution in [-0.2, 0) is 9.59 Å². The van der Waals surface area contributed by atoms with Crippen molar-refractivity contribution in [3.8, 4) is 17.3 Å². The summed E-state index contributed by atoms with van der Waals surface area (Å²) in [5.74, 6) is -1.25. The van der Waals surface area contributed by atoms with Crippen LogP contribution in [0.5, 0.6) is 0 Å². The Kier molecular flexibility index (Phi) is 7.13. The number of hydrogen-bond donors (Lipinski definition) is 3. The Morgan fingerprint density at radius 3 is 2.56 bits per heavy atom. The van der Waals surface area contributed by atoms with Crippen molar-refractivity contribution in [1.29, 1.82) is 5.26 Å². The fourth-order valence-corrected chi connectivity index (χ4v) is 3.57. The molecule has 0 saturated carbocycles. The molecule has 0 aliphatic carbocycles. The van der Waals surface area contributed by atoms with Gasteiger partial charge in [0.2, 0.25) is 11.8 Å². The van der Waals surface area contributed by atoms with Crippen molar-refractivity contribution in [2.45, 2.75) is 0 Å². The van der Waals surface area contributed by atoms with Crippen molar-refractivity contribution in [3.05, 3.63) is 103 Å². The Labute approximate surface area is 207 Å². The number of nitrogens with zero attached hydrogens (tertiary/aromatic N) is 2. The topological polar surface area (TPSA) is 124 Å². The van der Waals surface area contributed by atoms with E-state index in [-0.39, 0.29) is 18.1 Å². The number of benzene rings is 3. The van der Waals surface area contributed by atoms with E-state index in [0.717, 1.165) is 16.3 Å². The quantitative estimate of drug-likeness (QED) is 0.345. The molecule has 0 fully saturated rings. The highest BCUT2D eigenvalue weighted by molar-refractivity contribution is 6.06. The van der Waals surface area contributed by atoms with Crippen LogP contribution in [0.1, 0.15) is 16.1 Å². The minimum absolute atomic E-state index is 0.153. The zero-order chi connectivity index (χ0) is 25.5. The summed E-state index contributed by atoms with van der Waals surface area (Å²) < 4.78 is 0. The summed E-state index contributed by atoms with van der Waals surface area (Å²) in [7, 11) is 0. The molecular formula is C28H21N5O3. The molecule has 176 valence electrons. The fourth-order valence-electron chi connectivity index (χ4n) is 3.57. The molecule has 3 N–H and O–H groups in total.